The van der Waals surface area contributed by atoms with Gasteiger partial charge in [-0.05, 0) is 30.9 Å². The molecular formula is C22H34N4O2. The summed E-state index contributed by atoms with van der Waals surface area (Å²) in [7, 11) is 0. The quantitative estimate of drug-likeness (QED) is 0.408. The molecule has 0 spiro atoms. The van der Waals surface area contributed by atoms with E-state index in [2.05, 4.69) is 52.8 Å². The Bertz CT molecular complexity index is 654. The Balaban J connectivity index is 1.55. The maximum absolute atomic E-state index is 5.46. The molecule has 0 aliphatic carbocycles. The van der Waals surface area contributed by atoms with Crippen molar-refractivity contribution in [1.29, 1.82) is 0 Å². The smallest absolute Gasteiger partial charge is 0.191 e. The van der Waals surface area contributed by atoms with Crippen LogP contribution in [0.25, 0.3) is 0 Å². The van der Waals surface area contributed by atoms with Gasteiger partial charge >= 0.3 is 0 Å². The molecule has 2 heterocycles. The normalized spacial score (nSPS) is 18.6. The molecule has 0 bridgehead atoms. The van der Waals surface area contributed by atoms with Crippen LogP contribution in [-0.2, 0) is 22.6 Å². The molecule has 6 nitrogen and oxygen atoms in total. The molecule has 0 aromatic heterocycles. The van der Waals surface area contributed by atoms with Gasteiger partial charge in [-0.15, -0.1) is 0 Å². The first-order chi connectivity index (χ1) is 13.8. The summed E-state index contributed by atoms with van der Waals surface area (Å²) in [5.41, 5.74) is 4.13. The number of nitrogens with zero attached hydrogens (tertiary/aromatic N) is 2. The van der Waals surface area contributed by atoms with Gasteiger partial charge in [-0.1, -0.05) is 35.9 Å². The van der Waals surface area contributed by atoms with E-state index in [0.29, 0.717) is 6.54 Å². The number of hydrogen-bond acceptors (Lipinski definition) is 4. The van der Waals surface area contributed by atoms with Crippen molar-refractivity contribution in [3.8, 4) is 0 Å². The Labute approximate surface area is 169 Å². The van der Waals surface area contributed by atoms with Gasteiger partial charge in [-0.3, -0.25) is 4.90 Å². The van der Waals surface area contributed by atoms with Crippen LogP contribution in [0.1, 0.15) is 30.9 Å². The van der Waals surface area contributed by atoms with E-state index < -0.39 is 0 Å². The first-order valence-electron chi connectivity index (χ1n) is 10.5. The second kappa shape index (κ2) is 11.8. The minimum Gasteiger partial charge on any atom is -0.379 e. The highest BCUT2D eigenvalue weighted by molar-refractivity contribution is 5.79. The van der Waals surface area contributed by atoms with Crippen LogP contribution in [0.2, 0.25) is 0 Å². The number of hydrogen-bond donors (Lipinski definition) is 2. The Morgan fingerprint density at radius 3 is 2.64 bits per heavy atom. The second-order valence-electron chi connectivity index (χ2n) is 7.22. The van der Waals surface area contributed by atoms with Gasteiger partial charge in [0.2, 0.25) is 0 Å². The van der Waals surface area contributed by atoms with Crippen molar-refractivity contribution in [1.82, 2.24) is 15.5 Å². The molecule has 3 rings (SSSR count). The maximum atomic E-state index is 5.46. The first kappa shape index (κ1) is 20.8. The number of aliphatic imine (C=N–C) groups is 1. The van der Waals surface area contributed by atoms with Crippen LogP contribution in [0.3, 0.4) is 0 Å². The first-order valence-corrected chi connectivity index (χ1v) is 10.5. The summed E-state index contributed by atoms with van der Waals surface area (Å²) in [6, 6.07) is 8.63. The van der Waals surface area contributed by atoms with E-state index in [1.54, 1.807) is 0 Å². The third-order valence-electron chi connectivity index (χ3n) is 5.16. The fourth-order valence-corrected chi connectivity index (χ4v) is 3.51. The zero-order valence-electron chi connectivity index (χ0n) is 17.1. The Morgan fingerprint density at radius 1 is 1.07 bits per heavy atom. The van der Waals surface area contributed by atoms with E-state index in [1.807, 2.05) is 0 Å². The zero-order chi connectivity index (χ0) is 19.4. The van der Waals surface area contributed by atoms with Gasteiger partial charge < -0.3 is 20.1 Å². The molecule has 1 aromatic carbocycles. The molecule has 0 atom stereocenters. The third-order valence-corrected chi connectivity index (χ3v) is 5.16. The second-order valence-corrected chi connectivity index (χ2v) is 7.22. The van der Waals surface area contributed by atoms with E-state index in [-0.39, 0.29) is 0 Å². The molecule has 0 amide bonds. The fraction of sp³-hybridized carbons (Fsp3) is 0.591. The molecule has 0 unspecified atom stereocenters. The molecule has 1 fully saturated rings. The van der Waals surface area contributed by atoms with Crippen LogP contribution in [0.4, 0.5) is 0 Å². The van der Waals surface area contributed by atoms with E-state index in [1.165, 1.54) is 16.7 Å². The van der Waals surface area contributed by atoms with Crippen molar-refractivity contribution in [2.45, 2.75) is 32.9 Å². The Hall–Kier alpha value is -1.89. The molecule has 1 saturated heterocycles. The van der Waals surface area contributed by atoms with Crippen LogP contribution in [0.5, 0.6) is 0 Å². The largest absolute Gasteiger partial charge is 0.379 e. The van der Waals surface area contributed by atoms with Gasteiger partial charge in [0.05, 0.1) is 33.0 Å². The van der Waals surface area contributed by atoms with Gasteiger partial charge in [-0.2, -0.15) is 0 Å². The van der Waals surface area contributed by atoms with Crippen molar-refractivity contribution in [3.63, 3.8) is 0 Å². The van der Waals surface area contributed by atoms with Gasteiger partial charge in [0.1, 0.15) is 0 Å². The molecular weight excluding hydrogens is 352 g/mol. The Morgan fingerprint density at radius 2 is 1.89 bits per heavy atom. The number of benzene rings is 1. The number of rotatable bonds is 8. The third kappa shape index (κ3) is 6.93. The number of guanidine groups is 1. The lowest BCUT2D eigenvalue weighted by atomic mass is 10.1. The summed E-state index contributed by atoms with van der Waals surface area (Å²) in [6.45, 7) is 10.8. The number of morpholine rings is 1. The summed E-state index contributed by atoms with van der Waals surface area (Å²) in [4.78, 5) is 7.28. The maximum Gasteiger partial charge on any atom is 0.191 e. The van der Waals surface area contributed by atoms with Crippen LogP contribution in [-0.4, -0.2) is 63.5 Å². The van der Waals surface area contributed by atoms with Crippen LogP contribution < -0.4 is 10.6 Å². The summed E-state index contributed by atoms with van der Waals surface area (Å²) in [5.74, 6) is 0.885. The van der Waals surface area contributed by atoms with Crippen LogP contribution in [0.15, 0.2) is 40.9 Å². The van der Waals surface area contributed by atoms with Gasteiger partial charge in [0, 0.05) is 32.7 Å². The van der Waals surface area contributed by atoms with Crippen LogP contribution >= 0.6 is 0 Å². The molecule has 6 heteroatoms. The minimum atomic E-state index is 0.687. The molecule has 0 saturated carbocycles. The monoisotopic (exact) mass is 386 g/mol. The highest BCUT2D eigenvalue weighted by atomic mass is 16.5. The van der Waals surface area contributed by atoms with Crippen molar-refractivity contribution in [2.24, 2.45) is 4.99 Å². The molecule has 2 N–H and O–H groups in total. The topological polar surface area (TPSA) is 58.1 Å². The van der Waals surface area contributed by atoms with E-state index in [9.17, 15) is 0 Å². The van der Waals surface area contributed by atoms with Crippen molar-refractivity contribution in [2.75, 3.05) is 52.6 Å². The lowest BCUT2D eigenvalue weighted by Crippen LogP contribution is -2.38. The SMILES string of the molecule is CCNC(=NCc1ccccc1CN1CCOCC1)NCCC1=CCOCC1. The number of nitrogens with one attached hydrogen (secondary N) is 2. The molecule has 0 radical (unpaired) electrons. The van der Waals surface area contributed by atoms with E-state index in [4.69, 9.17) is 14.5 Å². The van der Waals surface area contributed by atoms with Gasteiger partial charge in [0.25, 0.3) is 0 Å². The summed E-state index contributed by atoms with van der Waals surface area (Å²) in [5, 5.41) is 6.83. The minimum absolute atomic E-state index is 0.687. The summed E-state index contributed by atoms with van der Waals surface area (Å²) >= 11 is 0. The molecule has 28 heavy (non-hydrogen) atoms. The predicted molar refractivity (Wildman–Crippen MR) is 113 cm³/mol. The molecule has 1 aromatic rings. The standard InChI is InChI=1S/C22H34N4O2/c1-2-23-22(24-10-7-19-8-13-27-14-9-19)25-17-20-5-3-4-6-21(20)18-26-11-15-28-16-12-26/h3-6,8H,2,7,9-18H2,1H3,(H2,23,24,25). The molecule has 2 aliphatic heterocycles. The summed E-state index contributed by atoms with van der Waals surface area (Å²) < 4.78 is 10.8. The highest BCUT2D eigenvalue weighted by Gasteiger charge is 2.12. The fourth-order valence-electron chi connectivity index (χ4n) is 3.51. The van der Waals surface area contributed by atoms with Crippen molar-refractivity contribution in [3.05, 3.63) is 47.0 Å². The average Bonchev–Trinajstić information content (AvgIpc) is 2.74. The lowest BCUT2D eigenvalue weighted by Gasteiger charge is -2.27. The van der Waals surface area contributed by atoms with Gasteiger partial charge in [-0.25, -0.2) is 4.99 Å². The molecule has 2 aliphatic rings. The van der Waals surface area contributed by atoms with Crippen molar-refractivity contribution >= 4 is 5.96 Å². The van der Waals surface area contributed by atoms with Crippen molar-refractivity contribution < 1.29 is 9.47 Å². The molecule has 154 valence electrons. The zero-order valence-corrected chi connectivity index (χ0v) is 17.1. The Kier molecular flexibility index (Phi) is 8.81. The highest BCUT2D eigenvalue weighted by Crippen LogP contribution is 2.14. The number of ether oxygens (including phenoxy) is 2. The average molecular weight is 387 g/mol. The van der Waals surface area contributed by atoms with Gasteiger partial charge in [0.15, 0.2) is 5.96 Å². The van der Waals surface area contributed by atoms with E-state index >= 15 is 0 Å². The summed E-state index contributed by atoms with van der Waals surface area (Å²) in [6.07, 6.45) is 4.29. The predicted octanol–water partition coefficient (Wildman–Crippen LogP) is 2.31. The van der Waals surface area contributed by atoms with E-state index in [0.717, 1.165) is 78.0 Å². The van der Waals surface area contributed by atoms with Crippen LogP contribution in [0, 0.1) is 0 Å². The lowest BCUT2D eigenvalue weighted by molar-refractivity contribution is 0.0341.